The van der Waals surface area contributed by atoms with Crippen LogP contribution in [0.25, 0.3) is 0 Å². The molecule has 0 spiro atoms. The van der Waals surface area contributed by atoms with E-state index >= 15 is 0 Å². The lowest BCUT2D eigenvalue weighted by Gasteiger charge is -2.05. The van der Waals surface area contributed by atoms with Gasteiger partial charge in [-0.15, -0.1) is 0 Å². The lowest BCUT2D eigenvalue weighted by molar-refractivity contribution is -0.143. The molecule has 0 aliphatic rings. The van der Waals surface area contributed by atoms with Gasteiger partial charge in [0, 0.05) is 33.4 Å². The van der Waals surface area contributed by atoms with Crippen LogP contribution in [-0.4, -0.2) is 52.7 Å². The minimum Gasteiger partial charge on any atom is -0.466 e. The van der Waals surface area contributed by atoms with Gasteiger partial charge >= 0.3 is 5.97 Å². The Morgan fingerprint density at radius 1 is 0.842 bits per heavy atom. The molecule has 0 bridgehead atoms. The van der Waals surface area contributed by atoms with Gasteiger partial charge in [-0.25, -0.2) is 0 Å². The van der Waals surface area contributed by atoms with Gasteiger partial charge in [0.25, 0.3) is 0 Å². The van der Waals surface area contributed by atoms with E-state index < -0.39 is 0 Å². The summed E-state index contributed by atoms with van der Waals surface area (Å²) >= 11 is 0. The minimum absolute atomic E-state index is 0.100. The average molecular weight is 276 g/mol. The molecule has 0 saturated heterocycles. The van der Waals surface area contributed by atoms with Crippen LogP contribution in [0.1, 0.15) is 39.0 Å². The van der Waals surface area contributed by atoms with Crippen molar-refractivity contribution in [3.05, 3.63) is 0 Å². The Bertz CT molecular complexity index is 196. The van der Waals surface area contributed by atoms with Crippen LogP contribution >= 0.6 is 0 Å². The third-order valence-electron chi connectivity index (χ3n) is 2.48. The highest BCUT2D eigenvalue weighted by molar-refractivity contribution is 5.69. The van der Waals surface area contributed by atoms with Gasteiger partial charge in [-0.05, 0) is 26.2 Å². The summed E-state index contributed by atoms with van der Waals surface area (Å²) in [6.45, 7) is 5.77. The zero-order chi connectivity index (χ0) is 14.2. The van der Waals surface area contributed by atoms with Gasteiger partial charge in [-0.1, -0.05) is 6.42 Å². The summed E-state index contributed by atoms with van der Waals surface area (Å²) in [5.41, 5.74) is 0. The van der Waals surface area contributed by atoms with E-state index in [0.717, 1.165) is 38.9 Å². The standard InChI is InChI=1S/C14H28O5/c1-3-19-14(15)8-5-4-6-9-17-10-7-11-18-13-12-16-2/h3-13H2,1-2H3. The molecule has 0 N–H and O–H groups in total. The molecule has 0 saturated carbocycles. The summed E-state index contributed by atoms with van der Waals surface area (Å²) in [7, 11) is 1.66. The third kappa shape index (κ3) is 15.3. The molecule has 114 valence electrons. The Balaban J connectivity index is 3.01. The predicted octanol–water partition coefficient (Wildman–Crippen LogP) is 2.18. The van der Waals surface area contributed by atoms with Crippen LogP contribution in [0.5, 0.6) is 0 Å². The van der Waals surface area contributed by atoms with Crippen molar-refractivity contribution in [3.8, 4) is 0 Å². The van der Waals surface area contributed by atoms with Crippen LogP contribution in [0.2, 0.25) is 0 Å². The van der Waals surface area contributed by atoms with Crippen LogP contribution in [0.15, 0.2) is 0 Å². The monoisotopic (exact) mass is 276 g/mol. The predicted molar refractivity (Wildman–Crippen MR) is 73.2 cm³/mol. The van der Waals surface area contributed by atoms with Crippen molar-refractivity contribution < 1.29 is 23.7 Å². The van der Waals surface area contributed by atoms with Gasteiger partial charge in [-0.2, -0.15) is 0 Å². The minimum atomic E-state index is -0.100. The fraction of sp³-hybridized carbons (Fsp3) is 0.929. The Kier molecular flexibility index (Phi) is 14.9. The quantitative estimate of drug-likeness (QED) is 0.359. The van der Waals surface area contributed by atoms with E-state index in [9.17, 15) is 4.79 Å². The fourth-order valence-electron chi connectivity index (χ4n) is 1.49. The molecular weight excluding hydrogens is 248 g/mol. The zero-order valence-electron chi connectivity index (χ0n) is 12.3. The Morgan fingerprint density at radius 3 is 2.21 bits per heavy atom. The molecule has 0 aliphatic heterocycles. The van der Waals surface area contributed by atoms with Crippen molar-refractivity contribution >= 4 is 5.97 Å². The molecule has 5 heteroatoms. The van der Waals surface area contributed by atoms with Gasteiger partial charge in [-0.3, -0.25) is 4.79 Å². The first-order chi connectivity index (χ1) is 9.31. The summed E-state index contributed by atoms with van der Waals surface area (Å²) in [4.78, 5) is 11.0. The molecule has 0 atom stereocenters. The number of rotatable bonds is 14. The number of hydrogen-bond acceptors (Lipinski definition) is 5. The van der Waals surface area contributed by atoms with Crippen LogP contribution in [0.3, 0.4) is 0 Å². The molecule has 0 heterocycles. The van der Waals surface area contributed by atoms with Crippen molar-refractivity contribution in [1.29, 1.82) is 0 Å². The van der Waals surface area contributed by atoms with E-state index in [1.807, 2.05) is 6.92 Å². The second kappa shape index (κ2) is 15.4. The Morgan fingerprint density at radius 2 is 1.53 bits per heavy atom. The fourth-order valence-corrected chi connectivity index (χ4v) is 1.49. The third-order valence-corrected chi connectivity index (χ3v) is 2.48. The van der Waals surface area contributed by atoms with Crippen molar-refractivity contribution in [1.82, 2.24) is 0 Å². The van der Waals surface area contributed by atoms with Gasteiger partial charge in [0.15, 0.2) is 0 Å². The lowest BCUT2D eigenvalue weighted by Crippen LogP contribution is -2.06. The number of carbonyl (C=O) groups excluding carboxylic acids is 1. The van der Waals surface area contributed by atoms with E-state index in [2.05, 4.69) is 0 Å². The molecular formula is C14H28O5. The molecule has 0 aromatic rings. The summed E-state index contributed by atoms with van der Waals surface area (Å²) in [5, 5.41) is 0. The first-order valence-electron chi connectivity index (χ1n) is 7.11. The number of unbranched alkanes of at least 4 members (excludes halogenated alkanes) is 2. The molecule has 0 unspecified atom stereocenters. The molecule has 0 aromatic carbocycles. The average Bonchev–Trinajstić information content (AvgIpc) is 2.40. The second-order valence-corrected chi connectivity index (χ2v) is 4.19. The summed E-state index contributed by atoms with van der Waals surface area (Å²) in [6.07, 6.45) is 4.29. The van der Waals surface area contributed by atoms with Crippen LogP contribution in [-0.2, 0) is 23.7 Å². The maximum Gasteiger partial charge on any atom is 0.305 e. The summed E-state index contributed by atoms with van der Waals surface area (Å²) < 4.78 is 20.5. The molecule has 0 radical (unpaired) electrons. The Hall–Kier alpha value is -0.650. The lowest BCUT2D eigenvalue weighted by atomic mass is 10.2. The van der Waals surface area contributed by atoms with Crippen molar-refractivity contribution in [3.63, 3.8) is 0 Å². The van der Waals surface area contributed by atoms with E-state index in [1.165, 1.54) is 0 Å². The molecule has 0 amide bonds. The summed E-state index contributed by atoms with van der Waals surface area (Å²) in [6, 6.07) is 0. The van der Waals surface area contributed by atoms with Crippen molar-refractivity contribution in [2.24, 2.45) is 0 Å². The van der Waals surface area contributed by atoms with E-state index in [0.29, 0.717) is 32.8 Å². The normalized spacial score (nSPS) is 10.6. The smallest absolute Gasteiger partial charge is 0.305 e. The molecule has 0 rings (SSSR count). The SMILES string of the molecule is CCOC(=O)CCCCCOCCCOCCOC. The van der Waals surface area contributed by atoms with Gasteiger partial charge < -0.3 is 18.9 Å². The second-order valence-electron chi connectivity index (χ2n) is 4.19. The molecule has 5 nitrogen and oxygen atoms in total. The van der Waals surface area contributed by atoms with Gasteiger partial charge in [0.1, 0.15) is 0 Å². The molecule has 19 heavy (non-hydrogen) atoms. The maximum absolute atomic E-state index is 11.0. The molecule has 0 fully saturated rings. The highest BCUT2D eigenvalue weighted by Gasteiger charge is 2.00. The maximum atomic E-state index is 11.0. The van der Waals surface area contributed by atoms with Crippen LogP contribution in [0.4, 0.5) is 0 Å². The van der Waals surface area contributed by atoms with Gasteiger partial charge in [0.2, 0.25) is 0 Å². The zero-order valence-corrected chi connectivity index (χ0v) is 12.3. The highest BCUT2D eigenvalue weighted by atomic mass is 16.5. The number of methoxy groups -OCH3 is 1. The van der Waals surface area contributed by atoms with Crippen molar-refractivity contribution in [2.45, 2.75) is 39.0 Å². The van der Waals surface area contributed by atoms with Gasteiger partial charge in [0.05, 0.1) is 19.8 Å². The van der Waals surface area contributed by atoms with E-state index in [-0.39, 0.29) is 5.97 Å². The van der Waals surface area contributed by atoms with E-state index in [1.54, 1.807) is 7.11 Å². The molecule has 0 aliphatic carbocycles. The summed E-state index contributed by atoms with van der Waals surface area (Å²) in [5.74, 6) is -0.100. The van der Waals surface area contributed by atoms with E-state index in [4.69, 9.17) is 18.9 Å². The van der Waals surface area contributed by atoms with Crippen molar-refractivity contribution in [2.75, 3.05) is 46.8 Å². The number of ether oxygens (including phenoxy) is 4. The van der Waals surface area contributed by atoms with Crippen LogP contribution < -0.4 is 0 Å². The Labute approximate surface area is 116 Å². The first kappa shape index (κ1) is 18.4. The molecule has 0 aromatic heterocycles. The number of esters is 1. The van der Waals surface area contributed by atoms with Crippen LogP contribution in [0, 0.1) is 0 Å². The topological polar surface area (TPSA) is 54.0 Å². The largest absolute Gasteiger partial charge is 0.466 e. The number of hydrogen-bond donors (Lipinski definition) is 0. The number of carbonyl (C=O) groups is 1. The highest BCUT2D eigenvalue weighted by Crippen LogP contribution is 2.02. The first-order valence-corrected chi connectivity index (χ1v) is 7.11.